The Morgan fingerprint density at radius 2 is 1.86 bits per heavy atom. The van der Waals surface area contributed by atoms with E-state index in [9.17, 15) is 14.7 Å². The summed E-state index contributed by atoms with van der Waals surface area (Å²) in [5.41, 5.74) is 6.08. The number of nitrogens with two attached hydrogens (primary N) is 1. The quantitative estimate of drug-likeness (QED) is 0.600. The minimum Gasteiger partial charge on any atom is -0.508 e. The van der Waals surface area contributed by atoms with Gasteiger partial charge in [0.1, 0.15) is 5.75 Å². The van der Waals surface area contributed by atoms with Gasteiger partial charge in [0.05, 0.1) is 6.04 Å². The Kier molecular flexibility index (Phi) is 5.72. The largest absolute Gasteiger partial charge is 0.508 e. The smallest absolute Gasteiger partial charge is 0.303 e. The third-order valence-corrected chi connectivity index (χ3v) is 3.15. The Bertz CT molecular complexity index is 497. The maximum Gasteiger partial charge on any atom is 0.303 e. The molecule has 116 valence electrons. The Morgan fingerprint density at radius 3 is 2.38 bits per heavy atom. The Hall–Kier alpha value is -2.08. The van der Waals surface area contributed by atoms with Gasteiger partial charge in [0.2, 0.25) is 5.91 Å². The second-order valence-electron chi connectivity index (χ2n) is 5.74. The number of hydrogen-bond acceptors (Lipinski definition) is 4. The summed E-state index contributed by atoms with van der Waals surface area (Å²) in [6, 6.07) is 5.77. The first-order valence-electron chi connectivity index (χ1n) is 6.77. The maximum atomic E-state index is 12.0. The predicted molar refractivity (Wildman–Crippen MR) is 78.9 cm³/mol. The topological polar surface area (TPSA) is 113 Å². The first-order valence-corrected chi connectivity index (χ1v) is 6.77. The van der Waals surface area contributed by atoms with Crippen molar-refractivity contribution < 1.29 is 19.8 Å². The number of nitrogens with one attached hydrogen (secondary N) is 1. The van der Waals surface area contributed by atoms with Gasteiger partial charge in [0.25, 0.3) is 0 Å². The van der Waals surface area contributed by atoms with Gasteiger partial charge in [-0.15, -0.1) is 0 Å². The van der Waals surface area contributed by atoms with Gasteiger partial charge in [-0.25, -0.2) is 0 Å². The lowest BCUT2D eigenvalue weighted by molar-refractivity contribution is -0.137. The number of amides is 1. The van der Waals surface area contributed by atoms with Crippen LogP contribution in [0.15, 0.2) is 24.3 Å². The molecule has 0 aromatic heterocycles. The number of aromatic hydroxyl groups is 1. The fourth-order valence-corrected chi connectivity index (χ4v) is 1.89. The first-order chi connectivity index (χ1) is 9.69. The van der Waals surface area contributed by atoms with Crippen LogP contribution in [0.25, 0.3) is 0 Å². The summed E-state index contributed by atoms with van der Waals surface area (Å²) in [5, 5.41) is 20.6. The molecule has 1 rings (SSSR count). The molecule has 0 saturated carbocycles. The Balaban J connectivity index is 2.53. The van der Waals surface area contributed by atoms with Crippen LogP contribution in [0, 0.1) is 0 Å². The number of phenolic OH excluding ortho intramolecular Hbond substituents is 1. The molecule has 0 aliphatic carbocycles. The lowest BCUT2D eigenvalue weighted by Crippen LogP contribution is -2.51. The molecule has 5 N–H and O–H groups in total. The van der Waals surface area contributed by atoms with Crippen LogP contribution in [0.2, 0.25) is 0 Å². The number of aliphatic carboxylic acids is 1. The summed E-state index contributed by atoms with van der Waals surface area (Å²) in [7, 11) is 0. The molecule has 0 saturated heterocycles. The maximum absolute atomic E-state index is 12.0. The summed E-state index contributed by atoms with van der Waals surface area (Å²) < 4.78 is 0. The van der Waals surface area contributed by atoms with E-state index in [-0.39, 0.29) is 18.1 Å². The highest BCUT2D eigenvalue weighted by Crippen LogP contribution is 2.13. The molecule has 1 unspecified atom stereocenters. The average molecular weight is 294 g/mol. The van der Waals surface area contributed by atoms with E-state index in [1.54, 1.807) is 26.0 Å². The molecule has 0 aliphatic heterocycles. The molecule has 1 amide bonds. The zero-order chi connectivity index (χ0) is 16.0. The fourth-order valence-electron chi connectivity index (χ4n) is 1.89. The Labute approximate surface area is 124 Å². The molecule has 0 spiro atoms. The van der Waals surface area contributed by atoms with Crippen molar-refractivity contribution in [1.82, 2.24) is 5.32 Å². The van der Waals surface area contributed by atoms with E-state index in [1.165, 1.54) is 12.1 Å². The second kappa shape index (κ2) is 7.08. The number of hydrogen-bond donors (Lipinski definition) is 4. The van der Waals surface area contributed by atoms with E-state index in [4.69, 9.17) is 10.8 Å². The highest BCUT2D eigenvalue weighted by atomic mass is 16.4. The minimum absolute atomic E-state index is 0.0134. The van der Waals surface area contributed by atoms with Crippen molar-refractivity contribution in [3.05, 3.63) is 29.8 Å². The van der Waals surface area contributed by atoms with Crippen LogP contribution in [0.5, 0.6) is 5.75 Å². The van der Waals surface area contributed by atoms with E-state index in [1.807, 2.05) is 0 Å². The molecule has 21 heavy (non-hydrogen) atoms. The SMILES string of the molecule is CC(C)(CCC(=O)O)NC(=O)C(N)Cc1ccc(O)cc1. The van der Waals surface area contributed by atoms with E-state index >= 15 is 0 Å². The number of carboxylic acid groups (broad SMARTS) is 1. The molecule has 0 fully saturated rings. The third-order valence-electron chi connectivity index (χ3n) is 3.15. The average Bonchev–Trinajstić information content (AvgIpc) is 2.38. The molecule has 0 heterocycles. The number of benzene rings is 1. The molecule has 6 heteroatoms. The van der Waals surface area contributed by atoms with Gasteiger partial charge in [-0.2, -0.15) is 0 Å². The van der Waals surface area contributed by atoms with Crippen LogP contribution < -0.4 is 11.1 Å². The van der Waals surface area contributed by atoms with Gasteiger partial charge in [0, 0.05) is 12.0 Å². The second-order valence-corrected chi connectivity index (χ2v) is 5.74. The summed E-state index contributed by atoms with van der Waals surface area (Å²) in [6.45, 7) is 3.53. The van der Waals surface area contributed by atoms with Gasteiger partial charge >= 0.3 is 5.97 Å². The van der Waals surface area contributed by atoms with E-state index in [2.05, 4.69) is 5.32 Å². The van der Waals surface area contributed by atoms with Crippen LogP contribution in [0.4, 0.5) is 0 Å². The molecule has 0 bridgehead atoms. The lowest BCUT2D eigenvalue weighted by atomic mass is 9.97. The van der Waals surface area contributed by atoms with Gasteiger partial charge in [-0.1, -0.05) is 12.1 Å². The summed E-state index contributed by atoms with van der Waals surface area (Å²) in [4.78, 5) is 22.6. The number of carbonyl (C=O) groups is 2. The van der Waals surface area contributed by atoms with Crippen molar-refractivity contribution in [3.8, 4) is 5.75 Å². The molecule has 1 aromatic rings. The lowest BCUT2D eigenvalue weighted by Gasteiger charge is -2.27. The van der Waals surface area contributed by atoms with Crippen molar-refractivity contribution >= 4 is 11.9 Å². The summed E-state index contributed by atoms with van der Waals surface area (Å²) >= 11 is 0. The standard InChI is InChI=1S/C15H22N2O4/c1-15(2,8-7-13(19)20)17-14(21)12(16)9-10-3-5-11(18)6-4-10/h3-6,12,18H,7-9,16H2,1-2H3,(H,17,21)(H,19,20). The molecule has 1 aromatic carbocycles. The third kappa shape index (κ3) is 6.27. The molecule has 0 radical (unpaired) electrons. The Morgan fingerprint density at radius 1 is 1.29 bits per heavy atom. The normalized spacial score (nSPS) is 12.7. The van der Waals surface area contributed by atoms with Gasteiger partial charge < -0.3 is 21.3 Å². The van der Waals surface area contributed by atoms with Crippen LogP contribution >= 0.6 is 0 Å². The van der Waals surface area contributed by atoms with Crippen molar-refractivity contribution in [2.45, 2.75) is 44.7 Å². The van der Waals surface area contributed by atoms with Crippen molar-refractivity contribution in [1.29, 1.82) is 0 Å². The van der Waals surface area contributed by atoms with Gasteiger partial charge in [0.15, 0.2) is 0 Å². The van der Waals surface area contributed by atoms with Crippen molar-refractivity contribution in [2.24, 2.45) is 5.73 Å². The number of rotatable bonds is 7. The monoisotopic (exact) mass is 294 g/mol. The van der Waals surface area contributed by atoms with E-state index in [0.717, 1.165) is 5.56 Å². The van der Waals surface area contributed by atoms with Gasteiger partial charge in [-0.3, -0.25) is 9.59 Å². The van der Waals surface area contributed by atoms with Crippen LogP contribution in [0.1, 0.15) is 32.3 Å². The number of carboxylic acids is 1. The molecule has 0 aliphatic rings. The van der Waals surface area contributed by atoms with Crippen molar-refractivity contribution in [3.63, 3.8) is 0 Å². The molecular weight excluding hydrogens is 272 g/mol. The van der Waals surface area contributed by atoms with Crippen LogP contribution in [0.3, 0.4) is 0 Å². The molecule has 1 atom stereocenters. The van der Waals surface area contributed by atoms with E-state index in [0.29, 0.717) is 12.8 Å². The zero-order valence-corrected chi connectivity index (χ0v) is 12.3. The highest BCUT2D eigenvalue weighted by Gasteiger charge is 2.24. The zero-order valence-electron chi connectivity index (χ0n) is 12.3. The van der Waals surface area contributed by atoms with Crippen LogP contribution in [-0.4, -0.2) is 33.7 Å². The molecule has 6 nitrogen and oxygen atoms in total. The highest BCUT2D eigenvalue weighted by molar-refractivity contribution is 5.82. The summed E-state index contributed by atoms with van der Waals surface area (Å²) in [5.74, 6) is -1.06. The molecular formula is C15H22N2O4. The predicted octanol–water partition coefficient (Wildman–Crippen LogP) is 1.02. The minimum atomic E-state index is -0.897. The number of carbonyl (C=O) groups excluding carboxylic acids is 1. The van der Waals surface area contributed by atoms with E-state index < -0.39 is 17.6 Å². The van der Waals surface area contributed by atoms with Crippen molar-refractivity contribution in [2.75, 3.05) is 0 Å². The van der Waals surface area contributed by atoms with Gasteiger partial charge in [-0.05, 0) is 44.4 Å². The number of phenols is 1. The first kappa shape index (κ1) is 17.0. The fraction of sp³-hybridized carbons (Fsp3) is 0.467. The van der Waals surface area contributed by atoms with Crippen LogP contribution in [-0.2, 0) is 16.0 Å². The summed E-state index contributed by atoms with van der Waals surface area (Å²) in [6.07, 6.45) is 0.668.